The number of cyclic esters (lactones) is 1. The van der Waals surface area contributed by atoms with E-state index in [2.05, 4.69) is 6.07 Å². The number of fused-ring (bicyclic) bond motifs is 9. The second kappa shape index (κ2) is 14.8. The van der Waals surface area contributed by atoms with Gasteiger partial charge in [-0.05, 0) is 60.4 Å². The molecular formula is C43H42N4O10. The van der Waals surface area contributed by atoms with Crippen LogP contribution >= 0.6 is 0 Å². The highest BCUT2D eigenvalue weighted by Crippen LogP contribution is 2.40. The lowest BCUT2D eigenvalue weighted by Gasteiger charge is -2.28. The number of aliphatic hydroxyl groups is 3. The highest BCUT2D eigenvalue weighted by Gasteiger charge is 2.40. The summed E-state index contributed by atoms with van der Waals surface area (Å²) in [6.45, 7) is 3.63. The van der Waals surface area contributed by atoms with E-state index in [9.17, 15) is 34.5 Å². The van der Waals surface area contributed by atoms with Gasteiger partial charge in [0.15, 0.2) is 0 Å². The lowest BCUT2D eigenvalue weighted by molar-refractivity contribution is -0.149. The molecule has 14 nitrogen and oxygen atoms in total. The van der Waals surface area contributed by atoms with Crippen molar-refractivity contribution in [3.63, 3.8) is 0 Å². The van der Waals surface area contributed by atoms with E-state index in [1.807, 2.05) is 60.7 Å². The molecule has 4 aromatic heterocycles. The number of methoxy groups -OCH3 is 1. The summed E-state index contributed by atoms with van der Waals surface area (Å²) in [5, 5.41) is 34.2. The fourth-order valence-electron chi connectivity index (χ4n) is 8.13. The average Bonchev–Trinajstić information content (AvgIpc) is 3.72. The third kappa shape index (κ3) is 6.49. The van der Waals surface area contributed by atoms with Crippen LogP contribution in [-0.2, 0) is 56.6 Å². The van der Waals surface area contributed by atoms with Crippen LogP contribution in [0.1, 0.15) is 72.9 Å². The largest absolute Gasteiger partial charge is 0.469 e. The number of hydrogen-bond donors (Lipinski definition) is 3. The average molecular weight is 775 g/mol. The second-order valence-electron chi connectivity index (χ2n) is 14.5. The van der Waals surface area contributed by atoms with Crippen molar-refractivity contribution < 1.29 is 39.9 Å². The fraction of sp³-hybridized carbons (Fsp3) is 0.302. The Hall–Kier alpha value is -6.06. The first-order valence-electron chi connectivity index (χ1n) is 18.5. The zero-order valence-corrected chi connectivity index (χ0v) is 31.7. The maximum Gasteiger partial charge on any atom is 0.309 e. The predicted octanol–water partition coefficient (Wildman–Crippen LogP) is 3.72. The summed E-state index contributed by atoms with van der Waals surface area (Å²) in [7, 11) is 1.24. The van der Waals surface area contributed by atoms with E-state index < -0.39 is 35.3 Å². The van der Waals surface area contributed by atoms with Crippen LogP contribution in [0.2, 0.25) is 0 Å². The highest BCUT2D eigenvalue weighted by molar-refractivity contribution is 5.85. The molecule has 0 bridgehead atoms. The third-order valence-corrected chi connectivity index (χ3v) is 11.4. The summed E-state index contributed by atoms with van der Waals surface area (Å²) in [4.78, 5) is 59.6. The van der Waals surface area contributed by atoms with Gasteiger partial charge in [0.05, 0.1) is 79.0 Å². The molecule has 0 saturated carbocycles. The highest BCUT2D eigenvalue weighted by atomic mass is 16.5. The zero-order valence-electron chi connectivity index (χ0n) is 31.7. The monoisotopic (exact) mass is 774 g/mol. The molecule has 2 aromatic carbocycles. The molecule has 0 aliphatic carbocycles. The number of hydrogen-bond acceptors (Lipinski definition) is 11. The first kappa shape index (κ1) is 39.2. The molecule has 0 radical (unpaired) electrons. The Balaban J connectivity index is 0.000000171. The Morgan fingerprint density at radius 1 is 0.877 bits per heavy atom. The number of esters is 2. The maximum absolute atomic E-state index is 13.2. The molecule has 2 atom stereocenters. The van der Waals surface area contributed by atoms with E-state index in [0.29, 0.717) is 47.7 Å². The number of carbonyl (C=O) groups excluding carboxylic acids is 2. The van der Waals surface area contributed by atoms with Crippen LogP contribution in [0.15, 0.2) is 82.4 Å². The maximum atomic E-state index is 13.2. The predicted molar refractivity (Wildman–Crippen MR) is 210 cm³/mol. The van der Waals surface area contributed by atoms with Gasteiger partial charge in [-0.3, -0.25) is 19.2 Å². The number of nitrogens with zero attached hydrogens (tertiary/aromatic N) is 4. The summed E-state index contributed by atoms with van der Waals surface area (Å²) in [5.41, 5.74) is 3.72. The molecule has 294 valence electrons. The molecule has 57 heavy (non-hydrogen) atoms. The third-order valence-electron chi connectivity index (χ3n) is 11.4. The minimum absolute atomic E-state index is 0. The Labute approximate surface area is 325 Å². The lowest BCUT2D eigenvalue weighted by atomic mass is 9.85. The van der Waals surface area contributed by atoms with Crippen molar-refractivity contribution in [3.05, 3.63) is 127 Å². The van der Waals surface area contributed by atoms with Crippen molar-refractivity contribution in [2.24, 2.45) is 0 Å². The molecule has 0 fully saturated rings. The SMILES string of the molecule is CCC(O)(CC(=O)OC)c1cc2n(c(=O)c1CO)Cc1cc3ccccc3nc1-2.CCC1(O)CC(=O)OCc2c1cc1n(c2=O)Cc2cc3ccccc3nc2-1.O. The van der Waals surface area contributed by atoms with Crippen LogP contribution in [0.25, 0.3) is 44.6 Å². The smallest absolute Gasteiger partial charge is 0.309 e. The normalized spacial score (nSPS) is 17.1. The van der Waals surface area contributed by atoms with E-state index >= 15 is 0 Å². The van der Waals surface area contributed by atoms with Crippen LogP contribution in [0, 0.1) is 0 Å². The molecule has 3 aliphatic rings. The van der Waals surface area contributed by atoms with Gasteiger partial charge in [-0.25, -0.2) is 9.97 Å². The fourth-order valence-corrected chi connectivity index (χ4v) is 8.13. The summed E-state index contributed by atoms with van der Waals surface area (Å²) in [5.74, 6) is -1.09. The number of rotatable bonds is 6. The standard InChI is InChI=1S/C22H22N2O5.C21H18N2O4.H2O/c1-3-22(28,10-19(26)29-2)16-9-18-20-14(11-24(18)21(27)15(16)12-25)8-13-6-4-5-7-17(13)23-20;1-2-21(26)9-18(24)27-11-14-15(21)8-17-19-13(10-23(17)20(14)25)7-12-5-3-4-6-16(12)22-19;/h4-9,25,28H,3,10-12H2,1-2H3;3-8,26H,2,9-11H2,1H3;1H2. The van der Waals surface area contributed by atoms with E-state index in [4.69, 9.17) is 19.4 Å². The second-order valence-corrected chi connectivity index (χ2v) is 14.5. The summed E-state index contributed by atoms with van der Waals surface area (Å²) < 4.78 is 13.1. The number of pyridine rings is 4. The number of para-hydroxylation sites is 2. The van der Waals surface area contributed by atoms with Crippen molar-refractivity contribution >= 4 is 33.7 Å². The molecule has 0 amide bonds. The van der Waals surface area contributed by atoms with Crippen LogP contribution in [0.5, 0.6) is 0 Å². The van der Waals surface area contributed by atoms with Crippen molar-refractivity contribution in [3.8, 4) is 22.8 Å². The Kier molecular flexibility index (Phi) is 10.2. The topological polar surface area (TPSA) is 215 Å². The van der Waals surface area contributed by atoms with Gasteiger partial charge >= 0.3 is 11.9 Å². The van der Waals surface area contributed by atoms with Gasteiger partial charge in [0.1, 0.15) is 17.8 Å². The Morgan fingerprint density at radius 3 is 1.98 bits per heavy atom. The first-order chi connectivity index (χ1) is 26.9. The molecule has 0 spiro atoms. The first-order valence-corrected chi connectivity index (χ1v) is 18.5. The van der Waals surface area contributed by atoms with Gasteiger partial charge in [0.25, 0.3) is 11.1 Å². The minimum Gasteiger partial charge on any atom is -0.469 e. The van der Waals surface area contributed by atoms with Crippen molar-refractivity contribution in [2.45, 2.75) is 77.0 Å². The van der Waals surface area contributed by atoms with E-state index in [-0.39, 0.29) is 48.0 Å². The minimum atomic E-state index is -1.63. The van der Waals surface area contributed by atoms with Crippen LogP contribution in [-0.4, -0.2) is 58.9 Å². The number of carbonyl (C=O) groups is 2. The van der Waals surface area contributed by atoms with Crippen LogP contribution < -0.4 is 11.1 Å². The summed E-state index contributed by atoms with van der Waals surface area (Å²) in [6.07, 6.45) is 0.0251. The van der Waals surface area contributed by atoms with E-state index in [1.54, 1.807) is 29.0 Å². The van der Waals surface area contributed by atoms with E-state index in [1.165, 1.54) is 7.11 Å². The quantitative estimate of drug-likeness (QED) is 0.207. The van der Waals surface area contributed by atoms with Gasteiger partial charge in [-0.1, -0.05) is 50.2 Å². The molecule has 3 aliphatic heterocycles. The Morgan fingerprint density at radius 2 is 1.44 bits per heavy atom. The van der Waals surface area contributed by atoms with E-state index in [0.717, 1.165) is 38.6 Å². The number of benzene rings is 2. The molecule has 2 unspecified atom stereocenters. The zero-order chi connectivity index (χ0) is 39.5. The molecule has 0 saturated heterocycles. The molecule has 14 heteroatoms. The van der Waals surface area contributed by atoms with Gasteiger partial charge in [-0.2, -0.15) is 0 Å². The molecular weight excluding hydrogens is 732 g/mol. The molecule has 6 aromatic rings. The summed E-state index contributed by atoms with van der Waals surface area (Å²) >= 11 is 0. The molecule has 7 heterocycles. The van der Waals surface area contributed by atoms with Gasteiger partial charge < -0.3 is 39.4 Å². The molecule has 9 rings (SSSR count). The van der Waals surface area contributed by atoms with Crippen molar-refractivity contribution in [2.75, 3.05) is 7.11 Å². The van der Waals surface area contributed by atoms with Crippen LogP contribution in [0.4, 0.5) is 0 Å². The lowest BCUT2D eigenvalue weighted by Crippen LogP contribution is -2.35. The Bertz CT molecular complexity index is 2740. The van der Waals surface area contributed by atoms with Crippen molar-refractivity contribution in [1.29, 1.82) is 0 Å². The van der Waals surface area contributed by atoms with Crippen LogP contribution in [0.3, 0.4) is 0 Å². The van der Waals surface area contributed by atoms with Gasteiger partial charge in [0, 0.05) is 27.5 Å². The molecule has 5 N–H and O–H groups in total. The number of ether oxygens (including phenoxy) is 2. The number of aromatic nitrogens is 4. The summed E-state index contributed by atoms with van der Waals surface area (Å²) in [6, 6.07) is 23.1. The van der Waals surface area contributed by atoms with Crippen molar-refractivity contribution in [1.82, 2.24) is 19.1 Å². The van der Waals surface area contributed by atoms with Gasteiger partial charge in [0.2, 0.25) is 0 Å². The number of aliphatic hydroxyl groups excluding tert-OH is 1. The van der Waals surface area contributed by atoms with Gasteiger partial charge in [-0.15, -0.1) is 0 Å².